The zero-order valence-corrected chi connectivity index (χ0v) is 27.7. The van der Waals surface area contributed by atoms with Crippen LogP contribution in [0.1, 0.15) is 49.8 Å². The summed E-state index contributed by atoms with van der Waals surface area (Å²) in [5.74, 6) is -0.170. The number of likely N-dealkylation sites (N-methyl/N-ethyl adjacent to an activating group) is 1. The zero-order chi connectivity index (χ0) is 32.4. The fourth-order valence-corrected chi connectivity index (χ4v) is 7.58. The first-order valence-corrected chi connectivity index (χ1v) is 17.0. The number of carbonyl (C=O) groups excluding carboxylic acids is 2. The van der Waals surface area contributed by atoms with Gasteiger partial charge in [0.25, 0.3) is 5.91 Å². The molecule has 0 unspecified atom stereocenters. The number of nitrogens with one attached hydrogen (secondary N) is 1. The van der Waals surface area contributed by atoms with Gasteiger partial charge in [-0.2, -0.15) is 0 Å². The quantitative estimate of drug-likeness (QED) is 0.374. The van der Waals surface area contributed by atoms with Crippen molar-refractivity contribution in [2.45, 2.75) is 63.6 Å². The molecule has 0 bridgehead atoms. The maximum Gasteiger partial charge on any atom is 0.410 e. The summed E-state index contributed by atoms with van der Waals surface area (Å²) in [6.45, 7) is 8.38. The van der Waals surface area contributed by atoms with Gasteiger partial charge in [0.15, 0.2) is 6.10 Å². The van der Waals surface area contributed by atoms with Crippen LogP contribution in [0.3, 0.4) is 0 Å². The molecule has 0 radical (unpaired) electrons. The van der Waals surface area contributed by atoms with E-state index in [0.29, 0.717) is 62.2 Å². The van der Waals surface area contributed by atoms with Gasteiger partial charge in [-0.1, -0.05) is 36.7 Å². The molecule has 1 atom stereocenters. The Labute approximate surface area is 275 Å². The van der Waals surface area contributed by atoms with Crippen LogP contribution in [-0.4, -0.2) is 113 Å². The van der Waals surface area contributed by atoms with E-state index >= 15 is 0 Å². The number of nitrogen functional groups attached to an aromatic ring is 1. The molecule has 46 heavy (non-hydrogen) atoms. The Morgan fingerprint density at radius 2 is 1.61 bits per heavy atom. The fourth-order valence-electron chi connectivity index (χ4n) is 7.32. The second-order valence-electron chi connectivity index (χ2n) is 13.0. The van der Waals surface area contributed by atoms with Crippen LogP contribution in [0.5, 0.6) is 0 Å². The molecule has 0 saturated carbocycles. The minimum atomic E-state index is -0.981. The van der Waals surface area contributed by atoms with E-state index in [1.807, 2.05) is 42.2 Å². The SMILES string of the molecule is CCc1cc(C[C@@H](OC(=O)N2CCC(n3c(=O)[nH]c4ccccc43)CC2)C(=O)N2CCC(N3CCN(C)CC3)CC2)cc(Cl)c1N. The van der Waals surface area contributed by atoms with Crippen molar-refractivity contribution in [2.75, 3.05) is 65.1 Å². The van der Waals surface area contributed by atoms with Gasteiger partial charge in [0.1, 0.15) is 0 Å². The Balaban J connectivity index is 1.13. The molecule has 248 valence electrons. The number of anilines is 1. The van der Waals surface area contributed by atoms with Gasteiger partial charge in [0.2, 0.25) is 0 Å². The third-order valence-corrected chi connectivity index (χ3v) is 10.5. The molecule has 0 spiro atoms. The molecule has 3 N–H and O–H groups in total. The van der Waals surface area contributed by atoms with E-state index in [9.17, 15) is 14.4 Å². The number of amides is 2. The van der Waals surface area contributed by atoms with Crippen LogP contribution in [0.2, 0.25) is 5.02 Å². The lowest BCUT2D eigenvalue weighted by Gasteiger charge is -2.42. The zero-order valence-electron chi connectivity index (χ0n) is 26.9. The Bertz CT molecular complexity index is 1600. The minimum absolute atomic E-state index is 0.0314. The number of nitrogens with zero attached hydrogens (tertiary/aromatic N) is 5. The number of ether oxygens (including phenoxy) is 1. The van der Waals surface area contributed by atoms with Crippen molar-refractivity contribution in [3.63, 3.8) is 0 Å². The molecular weight excluding hydrogens is 606 g/mol. The maximum atomic E-state index is 14.0. The smallest absolute Gasteiger partial charge is 0.410 e. The number of benzene rings is 2. The number of piperazine rings is 1. The Hall–Kier alpha value is -3.54. The van der Waals surface area contributed by atoms with Crippen molar-refractivity contribution < 1.29 is 14.3 Å². The monoisotopic (exact) mass is 651 g/mol. The summed E-state index contributed by atoms with van der Waals surface area (Å²) in [5, 5.41) is 0.439. The third kappa shape index (κ3) is 6.91. The fraction of sp³-hybridized carbons (Fsp3) is 0.559. The highest BCUT2D eigenvalue weighted by Gasteiger charge is 2.35. The first kappa shape index (κ1) is 32.4. The van der Waals surface area contributed by atoms with Gasteiger partial charge in [-0.05, 0) is 68.5 Å². The number of piperidine rings is 2. The lowest BCUT2D eigenvalue weighted by molar-refractivity contribution is -0.142. The molecule has 2 aromatic carbocycles. The van der Waals surface area contributed by atoms with Gasteiger partial charge < -0.3 is 30.2 Å². The number of hydrogen-bond acceptors (Lipinski definition) is 7. The highest BCUT2D eigenvalue weighted by atomic mass is 35.5. The lowest BCUT2D eigenvalue weighted by Crippen LogP contribution is -2.54. The van der Waals surface area contributed by atoms with Crippen LogP contribution < -0.4 is 11.4 Å². The molecule has 2 amide bonds. The van der Waals surface area contributed by atoms with Gasteiger partial charge in [0, 0.05) is 70.9 Å². The Kier molecular flexibility index (Phi) is 9.91. The standard InChI is InChI=1S/C34H46ClN7O4/c1-3-24-20-23(21-27(35)31(24)36)22-30(32(43)40-12-8-25(9-13-40)39-18-16-38(2)17-19-39)46-34(45)41-14-10-26(11-15-41)42-29-7-5-4-6-28(29)37-33(42)44/h4-7,20-21,25-26,30H,3,8-19,22,36H2,1-2H3,(H,37,44)/t30-/m1/s1. The number of H-pyrrole nitrogens is 1. The van der Waals surface area contributed by atoms with E-state index in [0.717, 1.165) is 61.2 Å². The Morgan fingerprint density at radius 3 is 2.30 bits per heavy atom. The summed E-state index contributed by atoms with van der Waals surface area (Å²) in [6.07, 6.45) is 2.47. The molecule has 3 aromatic rings. The predicted molar refractivity (Wildman–Crippen MR) is 180 cm³/mol. The summed E-state index contributed by atoms with van der Waals surface area (Å²) in [7, 11) is 2.16. The molecule has 0 aliphatic carbocycles. The Morgan fingerprint density at radius 1 is 0.957 bits per heavy atom. The van der Waals surface area contributed by atoms with Crippen molar-refractivity contribution in [2.24, 2.45) is 0 Å². The van der Waals surface area contributed by atoms with Crippen LogP contribution in [-0.2, 0) is 22.4 Å². The van der Waals surface area contributed by atoms with Gasteiger partial charge in [-0.25, -0.2) is 9.59 Å². The average molecular weight is 652 g/mol. The van der Waals surface area contributed by atoms with Crippen LogP contribution in [0.25, 0.3) is 11.0 Å². The molecule has 6 rings (SSSR count). The number of carbonyl (C=O) groups is 2. The van der Waals surface area contributed by atoms with E-state index in [4.69, 9.17) is 22.1 Å². The van der Waals surface area contributed by atoms with E-state index < -0.39 is 12.2 Å². The lowest BCUT2D eigenvalue weighted by atomic mass is 9.99. The molecule has 3 fully saturated rings. The number of fused-ring (bicyclic) bond motifs is 1. The summed E-state index contributed by atoms with van der Waals surface area (Å²) in [5.41, 5.74) is 9.97. The highest BCUT2D eigenvalue weighted by Crippen LogP contribution is 2.29. The van der Waals surface area contributed by atoms with E-state index in [1.165, 1.54) is 0 Å². The summed E-state index contributed by atoms with van der Waals surface area (Å²) < 4.78 is 7.86. The van der Waals surface area contributed by atoms with Gasteiger partial charge in [0.05, 0.1) is 21.7 Å². The molecular formula is C34H46ClN7O4. The van der Waals surface area contributed by atoms with E-state index in [-0.39, 0.29) is 24.1 Å². The number of aromatic amines is 1. The van der Waals surface area contributed by atoms with Crippen molar-refractivity contribution in [3.8, 4) is 0 Å². The number of aryl methyl sites for hydroxylation is 1. The molecule has 1 aromatic heterocycles. The first-order valence-electron chi connectivity index (χ1n) is 16.6. The molecule has 4 heterocycles. The number of aromatic nitrogens is 2. The number of hydrogen-bond donors (Lipinski definition) is 2. The van der Waals surface area contributed by atoms with Gasteiger partial charge >= 0.3 is 11.8 Å². The van der Waals surface area contributed by atoms with E-state index in [2.05, 4.69) is 21.8 Å². The molecule has 3 aliphatic heterocycles. The summed E-state index contributed by atoms with van der Waals surface area (Å²) >= 11 is 6.47. The molecule has 3 aliphatic rings. The topological polar surface area (TPSA) is 120 Å². The second kappa shape index (κ2) is 14.1. The summed E-state index contributed by atoms with van der Waals surface area (Å²) in [4.78, 5) is 51.7. The second-order valence-corrected chi connectivity index (χ2v) is 13.4. The van der Waals surface area contributed by atoms with Crippen molar-refractivity contribution in [1.82, 2.24) is 29.2 Å². The van der Waals surface area contributed by atoms with Crippen LogP contribution >= 0.6 is 11.6 Å². The largest absolute Gasteiger partial charge is 0.436 e. The van der Waals surface area contributed by atoms with E-state index in [1.54, 1.807) is 15.5 Å². The van der Waals surface area contributed by atoms with Gasteiger partial charge in [-0.3, -0.25) is 14.3 Å². The normalized spacial score (nSPS) is 19.9. The molecule has 12 heteroatoms. The third-order valence-electron chi connectivity index (χ3n) is 10.1. The first-order chi connectivity index (χ1) is 22.2. The maximum absolute atomic E-state index is 14.0. The number of likely N-dealkylation sites (tertiary alicyclic amines) is 2. The van der Waals surface area contributed by atoms with Crippen LogP contribution in [0.15, 0.2) is 41.2 Å². The van der Waals surface area contributed by atoms with Crippen LogP contribution in [0, 0.1) is 0 Å². The number of imidazole rings is 1. The van der Waals surface area contributed by atoms with Crippen molar-refractivity contribution in [1.29, 1.82) is 0 Å². The van der Waals surface area contributed by atoms with Crippen LogP contribution in [0.4, 0.5) is 10.5 Å². The predicted octanol–water partition coefficient (Wildman–Crippen LogP) is 3.75. The highest BCUT2D eigenvalue weighted by molar-refractivity contribution is 6.33. The number of para-hydroxylation sites is 2. The number of halogens is 1. The summed E-state index contributed by atoms with van der Waals surface area (Å²) in [6, 6.07) is 11.8. The van der Waals surface area contributed by atoms with Gasteiger partial charge in [-0.15, -0.1) is 0 Å². The number of nitrogens with two attached hydrogens (primary N) is 1. The van der Waals surface area contributed by atoms with Crippen molar-refractivity contribution >= 4 is 40.3 Å². The van der Waals surface area contributed by atoms with Crippen molar-refractivity contribution in [3.05, 3.63) is 63.0 Å². The average Bonchev–Trinajstić information content (AvgIpc) is 3.41. The number of rotatable bonds is 7. The molecule has 3 saturated heterocycles. The minimum Gasteiger partial charge on any atom is -0.436 e. The molecule has 11 nitrogen and oxygen atoms in total.